The molecule has 1 aromatic rings. The Morgan fingerprint density at radius 3 is 2.69 bits per heavy atom. The number of rotatable bonds is 4. The lowest BCUT2D eigenvalue weighted by Gasteiger charge is -2.04. The molecule has 16 heavy (non-hydrogen) atoms. The van der Waals surface area contributed by atoms with E-state index in [9.17, 15) is 9.59 Å². The van der Waals surface area contributed by atoms with Crippen LogP contribution in [-0.2, 0) is 25.5 Å². The second-order valence-corrected chi connectivity index (χ2v) is 3.16. The summed E-state index contributed by atoms with van der Waals surface area (Å²) in [6.07, 6.45) is 0.0854. The zero-order valence-electron chi connectivity index (χ0n) is 8.93. The van der Waals surface area contributed by atoms with Crippen LogP contribution in [0.2, 0.25) is 0 Å². The monoisotopic (exact) mass is 223 g/mol. The van der Waals surface area contributed by atoms with Crippen molar-refractivity contribution in [3.05, 3.63) is 29.8 Å². The number of ether oxygens (including phenoxy) is 2. The standard InChI is InChI=1S/C11H13NO4/c1-15-11(14)7-16-10(13)6-8-3-2-4-9(12)5-8/h2-5H,6-7,12H2,1H3. The van der Waals surface area contributed by atoms with Crippen molar-refractivity contribution < 1.29 is 19.1 Å². The molecule has 1 aromatic carbocycles. The van der Waals surface area contributed by atoms with E-state index in [2.05, 4.69) is 9.47 Å². The Kier molecular flexibility index (Phi) is 4.32. The number of hydrogen-bond acceptors (Lipinski definition) is 5. The number of carbonyl (C=O) groups excluding carboxylic acids is 2. The Balaban J connectivity index is 2.43. The van der Waals surface area contributed by atoms with Crippen LogP contribution in [0.4, 0.5) is 5.69 Å². The molecule has 0 bridgehead atoms. The minimum Gasteiger partial charge on any atom is -0.466 e. The van der Waals surface area contributed by atoms with Crippen molar-refractivity contribution in [2.45, 2.75) is 6.42 Å². The summed E-state index contributed by atoms with van der Waals surface area (Å²) in [7, 11) is 1.23. The minimum atomic E-state index is -0.582. The highest BCUT2D eigenvalue weighted by Gasteiger charge is 2.08. The molecule has 5 nitrogen and oxygen atoms in total. The highest BCUT2D eigenvalue weighted by atomic mass is 16.6. The first-order valence-corrected chi connectivity index (χ1v) is 4.68. The Hall–Kier alpha value is -2.04. The third-order valence-electron chi connectivity index (χ3n) is 1.88. The molecule has 0 fully saturated rings. The van der Waals surface area contributed by atoms with Gasteiger partial charge in [-0.05, 0) is 17.7 Å². The van der Waals surface area contributed by atoms with Crippen LogP contribution in [-0.4, -0.2) is 25.7 Å². The van der Waals surface area contributed by atoms with Crippen LogP contribution >= 0.6 is 0 Å². The van der Waals surface area contributed by atoms with E-state index in [-0.39, 0.29) is 13.0 Å². The van der Waals surface area contributed by atoms with Crippen molar-refractivity contribution >= 4 is 17.6 Å². The van der Waals surface area contributed by atoms with Crippen LogP contribution in [0.1, 0.15) is 5.56 Å². The van der Waals surface area contributed by atoms with Crippen LogP contribution < -0.4 is 5.73 Å². The van der Waals surface area contributed by atoms with E-state index in [1.807, 2.05) is 0 Å². The van der Waals surface area contributed by atoms with E-state index in [1.165, 1.54) is 7.11 Å². The third kappa shape index (κ3) is 4.00. The first kappa shape index (κ1) is 12.0. The van der Waals surface area contributed by atoms with Gasteiger partial charge in [-0.3, -0.25) is 4.79 Å². The third-order valence-corrected chi connectivity index (χ3v) is 1.88. The average molecular weight is 223 g/mol. The van der Waals surface area contributed by atoms with E-state index >= 15 is 0 Å². The number of nitrogen functional groups attached to an aromatic ring is 1. The summed E-state index contributed by atoms with van der Waals surface area (Å²) in [5.41, 5.74) is 6.88. The number of anilines is 1. The van der Waals surface area contributed by atoms with E-state index in [4.69, 9.17) is 5.73 Å². The second-order valence-electron chi connectivity index (χ2n) is 3.16. The van der Waals surface area contributed by atoms with E-state index in [0.29, 0.717) is 5.69 Å². The summed E-state index contributed by atoms with van der Waals surface area (Å²) in [6, 6.07) is 6.91. The number of esters is 2. The maximum atomic E-state index is 11.3. The van der Waals surface area contributed by atoms with Gasteiger partial charge in [-0.2, -0.15) is 0 Å². The molecule has 1 rings (SSSR count). The minimum absolute atomic E-state index is 0.0854. The molecule has 0 spiro atoms. The Morgan fingerprint density at radius 2 is 2.06 bits per heavy atom. The van der Waals surface area contributed by atoms with Crippen molar-refractivity contribution in [2.24, 2.45) is 0 Å². The molecule has 0 aliphatic rings. The average Bonchev–Trinajstić information content (AvgIpc) is 2.26. The van der Waals surface area contributed by atoms with Gasteiger partial charge in [0.15, 0.2) is 6.61 Å². The lowest BCUT2D eigenvalue weighted by atomic mass is 10.1. The van der Waals surface area contributed by atoms with Crippen LogP contribution in [0.3, 0.4) is 0 Å². The van der Waals surface area contributed by atoms with Crippen molar-refractivity contribution in [1.82, 2.24) is 0 Å². The Morgan fingerprint density at radius 1 is 1.31 bits per heavy atom. The van der Waals surface area contributed by atoms with Gasteiger partial charge in [-0.25, -0.2) is 4.79 Å². The quantitative estimate of drug-likeness (QED) is 0.595. The van der Waals surface area contributed by atoms with Crippen molar-refractivity contribution in [3.8, 4) is 0 Å². The topological polar surface area (TPSA) is 78.6 Å². The predicted molar refractivity (Wildman–Crippen MR) is 57.5 cm³/mol. The van der Waals surface area contributed by atoms with Crippen molar-refractivity contribution in [1.29, 1.82) is 0 Å². The van der Waals surface area contributed by atoms with Crippen LogP contribution in [0, 0.1) is 0 Å². The molecule has 5 heteroatoms. The largest absolute Gasteiger partial charge is 0.466 e. The molecule has 0 aromatic heterocycles. The fraction of sp³-hybridized carbons (Fsp3) is 0.273. The maximum absolute atomic E-state index is 11.3. The summed E-state index contributed by atoms with van der Waals surface area (Å²) in [5.74, 6) is -1.07. The molecule has 0 saturated heterocycles. The molecule has 0 aliphatic carbocycles. The van der Waals surface area contributed by atoms with Gasteiger partial charge in [-0.1, -0.05) is 12.1 Å². The van der Waals surface area contributed by atoms with Crippen LogP contribution in [0.5, 0.6) is 0 Å². The molecule has 0 atom stereocenters. The summed E-state index contributed by atoms with van der Waals surface area (Å²) in [4.78, 5) is 22.0. The first-order valence-electron chi connectivity index (χ1n) is 4.68. The van der Waals surface area contributed by atoms with Gasteiger partial charge < -0.3 is 15.2 Å². The molecule has 0 unspecified atom stereocenters. The lowest BCUT2D eigenvalue weighted by Crippen LogP contribution is -2.16. The van der Waals surface area contributed by atoms with Crippen molar-refractivity contribution in [3.63, 3.8) is 0 Å². The van der Waals surface area contributed by atoms with Crippen molar-refractivity contribution in [2.75, 3.05) is 19.5 Å². The molecule has 0 heterocycles. The molecular weight excluding hydrogens is 210 g/mol. The van der Waals surface area contributed by atoms with Crippen LogP contribution in [0.15, 0.2) is 24.3 Å². The highest BCUT2D eigenvalue weighted by molar-refractivity contribution is 5.77. The molecule has 0 aliphatic heterocycles. The number of carbonyl (C=O) groups is 2. The number of benzene rings is 1. The van der Waals surface area contributed by atoms with Gasteiger partial charge in [0.2, 0.25) is 0 Å². The fourth-order valence-electron chi connectivity index (χ4n) is 1.12. The van der Waals surface area contributed by atoms with E-state index in [1.54, 1.807) is 24.3 Å². The van der Waals surface area contributed by atoms with Gasteiger partial charge >= 0.3 is 11.9 Å². The number of hydrogen-bond donors (Lipinski definition) is 1. The number of methoxy groups -OCH3 is 1. The Bertz CT molecular complexity index is 389. The molecular formula is C11H13NO4. The molecule has 86 valence electrons. The molecule has 0 saturated carbocycles. The highest BCUT2D eigenvalue weighted by Crippen LogP contribution is 2.07. The zero-order chi connectivity index (χ0) is 12.0. The fourth-order valence-corrected chi connectivity index (χ4v) is 1.12. The summed E-state index contributed by atoms with van der Waals surface area (Å²) in [5, 5.41) is 0. The first-order chi connectivity index (χ1) is 7.61. The van der Waals surface area contributed by atoms with Gasteiger partial charge in [0.25, 0.3) is 0 Å². The van der Waals surface area contributed by atoms with E-state index in [0.717, 1.165) is 5.56 Å². The second kappa shape index (κ2) is 5.75. The van der Waals surface area contributed by atoms with Gasteiger partial charge in [0.1, 0.15) is 0 Å². The van der Waals surface area contributed by atoms with E-state index < -0.39 is 11.9 Å². The maximum Gasteiger partial charge on any atom is 0.344 e. The van der Waals surface area contributed by atoms with Gasteiger partial charge in [0, 0.05) is 5.69 Å². The summed E-state index contributed by atoms with van der Waals surface area (Å²) in [6.45, 7) is -0.363. The summed E-state index contributed by atoms with van der Waals surface area (Å²) >= 11 is 0. The lowest BCUT2D eigenvalue weighted by molar-refractivity contribution is -0.156. The van der Waals surface area contributed by atoms with Gasteiger partial charge in [-0.15, -0.1) is 0 Å². The number of nitrogens with two attached hydrogens (primary N) is 1. The molecule has 2 N–H and O–H groups in total. The normalized spacial score (nSPS) is 9.56. The Labute approximate surface area is 93.1 Å². The SMILES string of the molecule is COC(=O)COC(=O)Cc1cccc(N)c1. The smallest absolute Gasteiger partial charge is 0.344 e. The molecule has 0 radical (unpaired) electrons. The summed E-state index contributed by atoms with van der Waals surface area (Å²) < 4.78 is 9.02. The predicted octanol–water partition coefficient (Wildman–Crippen LogP) is 0.527. The van der Waals surface area contributed by atoms with Crippen LogP contribution in [0.25, 0.3) is 0 Å². The van der Waals surface area contributed by atoms with Gasteiger partial charge in [0.05, 0.1) is 13.5 Å². The zero-order valence-corrected chi connectivity index (χ0v) is 8.93. The molecule has 0 amide bonds.